The molecule has 10 heteroatoms. The second-order valence-corrected chi connectivity index (χ2v) is 13.0. The number of thiazole rings is 1. The molecule has 1 saturated heterocycles. The van der Waals surface area contributed by atoms with E-state index in [2.05, 4.69) is 18.8 Å². The van der Waals surface area contributed by atoms with Crippen LogP contribution in [0.25, 0.3) is 21.0 Å². The Hall–Kier alpha value is -3.34. The van der Waals surface area contributed by atoms with E-state index in [1.165, 1.54) is 39.9 Å². The minimum Gasteiger partial charge on any atom is -0.465 e. The second-order valence-electron chi connectivity index (χ2n) is 10.1. The number of ether oxygens (including phenoxy) is 1. The van der Waals surface area contributed by atoms with Gasteiger partial charge in [-0.1, -0.05) is 55.5 Å². The summed E-state index contributed by atoms with van der Waals surface area (Å²) in [6, 6.07) is 17.7. The summed E-state index contributed by atoms with van der Waals surface area (Å²) in [5.41, 5.74) is 1.05. The molecule has 1 aromatic heterocycles. The van der Waals surface area contributed by atoms with Crippen LogP contribution in [0.2, 0.25) is 0 Å². The summed E-state index contributed by atoms with van der Waals surface area (Å²) in [6.45, 7) is 7.02. The number of rotatable bonds is 6. The van der Waals surface area contributed by atoms with Gasteiger partial charge in [-0.3, -0.25) is 9.59 Å². The number of hydrogen-bond donors (Lipinski definition) is 0. The first kappa shape index (κ1) is 27.2. The summed E-state index contributed by atoms with van der Waals surface area (Å²) < 4.78 is 35.8. The van der Waals surface area contributed by atoms with Crippen molar-refractivity contribution in [3.8, 4) is 0 Å². The molecule has 0 aliphatic carbocycles. The third kappa shape index (κ3) is 5.54. The molecule has 1 fully saturated rings. The molecule has 0 saturated carbocycles. The van der Waals surface area contributed by atoms with Crippen LogP contribution in [0.5, 0.6) is 0 Å². The summed E-state index contributed by atoms with van der Waals surface area (Å²) in [7, 11) is -3.66. The van der Waals surface area contributed by atoms with Crippen LogP contribution in [0.15, 0.2) is 70.6 Å². The Morgan fingerprint density at radius 3 is 2.38 bits per heavy atom. The molecule has 5 rings (SSSR count). The van der Waals surface area contributed by atoms with Gasteiger partial charge in [-0.05, 0) is 60.9 Å². The molecule has 0 spiro atoms. The molecular weight excluding hydrogens is 534 g/mol. The van der Waals surface area contributed by atoms with E-state index >= 15 is 0 Å². The molecule has 2 unspecified atom stereocenters. The Morgan fingerprint density at radius 1 is 1.00 bits per heavy atom. The van der Waals surface area contributed by atoms with E-state index in [9.17, 15) is 18.0 Å². The summed E-state index contributed by atoms with van der Waals surface area (Å²) in [4.78, 5) is 30.5. The fourth-order valence-electron chi connectivity index (χ4n) is 5.24. The molecule has 8 nitrogen and oxygen atoms in total. The van der Waals surface area contributed by atoms with Crippen LogP contribution in [0, 0.1) is 11.8 Å². The third-order valence-corrected chi connectivity index (χ3v) is 9.91. The lowest BCUT2D eigenvalue weighted by molar-refractivity contribution is -0.143. The maximum Gasteiger partial charge on any atom is 0.326 e. The van der Waals surface area contributed by atoms with Crippen LogP contribution in [-0.4, -0.2) is 48.9 Å². The number of sulfonamides is 1. The van der Waals surface area contributed by atoms with Crippen molar-refractivity contribution in [3.05, 3.63) is 71.0 Å². The molecule has 4 aromatic rings. The van der Waals surface area contributed by atoms with Crippen molar-refractivity contribution in [2.75, 3.05) is 19.7 Å². The quantitative estimate of drug-likeness (QED) is 0.312. The zero-order valence-electron chi connectivity index (χ0n) is 22.2. The lowest BCUT2D eigenvalue weighted by Crippen LogP contribution is -2.42. The van der Waals surface area contributed by atoms with Crippen molar-refractivity contribution in [1.82, 2.24) is 8.87 Å². The van der Waals surface area contributed by atoms with Crippen molar-refractivity contribution in [3.63, 3.8) is 0 Å². The first-order chi connectivity index (χ1) is 18.7. The van der Waals surface area contributed by atoms with Gasteiger partial charge in [0.15, 0.2) is 4.80 Å². The maximum absolute atomic E-state index is 13.2. The van der Waals surface area contributed by atoms with E-state index < -0.39 is 21.9 Å². The molecule has 0 radical (unpaired) electrons. The highest BCUT2D eigenvalue weighted by atomic mass is 32.2. The number of amides is 1. The summed E-state index contributed by atoms with van der Waals surface area (Å²) >= 11 is 1.33. The van der Waals surface area contributed by atoms with Crippen LogP contribution in [0.1, 0.15) is 37.6 Å². The average Bonchev–Trinajstić information content (AvgIpc) is 3.25. The highest BCUT2D eigenvalue weighted by Gasteiger charge is 2.31. The molecule has 0 N–H and O–H groups in total. The normalized spacial score (nSPS) is 19.0. The highest BCUT2D eigenvalue weighted by molar-refractivity contribution is 7.89. The number of carbonyl (C=O) groups excluding carboxylic acids is 2. The van der Waals surface area contributed by atoms with E-state index in [4.69, 9.17) is 4.74 Å². The SMILES string of the molecule is CCOC(=O)Cn1c(=NC(=O)c2ccc(S(=O)(=O)N3CC(C)CC(C)C3)cc2)sc2c3ccccc3ccc21. The zero-order valence-corrected chi connectivity index (χ0v) is 23.8. The Labute approximate surface area is 231 Å². The van der Waals surface area contributed by atoms with Crippen LogP contribution in [-0.2, 0) is 26.1 Å². The molecule has 2 atom stereocenters. The highest BCUT2D eigenvalue weighted by Crippen LogP contribution is 2.29. The number of piperidine rings is 1. The van der Waals surface area contributed by atoms with Gasteiger partial charge in [0, 0.05) is 24.0 Å². The lowest BCUT2D eigenvalue weighted by Gasteiger charge is -2.34. The van der Waals surface area contributed by atoms with Crippen LogP contribution in [0.4, 0.5) is 0 Å². The fourth-order valence-corrected chi connectivity index (χ4v) is 8.09. The average molecular weight is 566 g/mol. The van der Waals surface area contributed by atoms with Gasteiger partial charge in [0.25, 0.3) is 5.91 Å². The van der Waals surface area contributed by atoms with Gasteiger partial charge in [0.2, 0.25) is 10.0 Å². The van der Waals surface area contributed by atoms with Crippen LogP contribution < -0.4 is 4.80 Å². The van der Waals surface area contributed by atoms with Gasteiger partial charge in [0.05, 0.1) is 21.7 Å². The number of hydrogen-bond acceptors (Lipinski definition) is 6. The number of esters is 1. The van der Waals surface area contributed by atoms with E-state index in [0.717, 1.165) is 27.4 Å². The Bertz CT molecular complexity index is 1710. The molecule has 0 bridgehead atoms. The standard InChI is InChI=1S/C29H31N3O5S2/c1-4-37-26(33)18-32-25-14-11-21-7-5-6-8-24(21)27(25)38-29(32)30-28(34)22-9-12-23(13-10-22)39(35,36)31-16-19(2)15-20(3)17-31/h5-14,19-20H,4,15-18H2,1-3H3. The maximum atomic E-state index is 13.2. The number of aromatic nitrogens is 1. The first-order valence-corrected chi connectivity index (χ1v) is 15.3. The Balaban J connectivity index is 1.50. The van der Waals surface area contributed by atoms with Crippen molar-refractivity contribution >= 4 is 54.2 Å². The predicted molar refractivity (Wildman–Crippen MR) is 152 cm³/mol. The van der Waals surface area contributed by atoms with Crippen molar-refractivity contribution in [2.24, 2.45) is 16.8 Å². The zero-order chi connectivity index (χ0) is 27.7. The topological polar surface area (TPSA) is 98.0 Å². The molecule has 39 heavy (non-hydrogen) atoms. The van der Waals surface area contributed by atoms with Gasteiger partial charge >= 0.3 is 5.97 Å². The lowest BCUT2D eigenvalue weighted by atomic mass is 9.94. The molecule has 2 heterocycles. The Kier molecular flexibility index (Phi) is 7.70. The first-order valence-electron chi connectivity index (χ1n) is 13.0. The second kappa shape index (κ2) is 11.0. The Morgan fingerprint density at radius 2 is 1.69 bits per heavy atom. The van der Waals surface area contributed by atoms with Crippen LogP contribution >= 0.6 is 11.3 Å². The van der Waals surface area contributed by atoms with Gasteiger partial charge in [0.1, 0.15) is 6.54 Å². The molecule has 1 aliphatic heterocycles. The number of nitrogens with zero attached hydrogens (tertiary/aromatic N) is 3. The largest absolute Gasteiger partial charge is 0.465 e. The van der Waals surface area contributed by atoms with Gasteiger partial charge in [-0.2, -0.15) is 9.30 Å². The predicted octanol–water partition coefficient (Wildman–Crippen LogP) is 4.83. The monoisotopic (exact) mass is 565 g/mol. The molecule has 3 aromatic carbocycles. The summed E-state index contributed by atoms with van der Waals surface area (Å²) in [5, 5.41) is 2.05. The van der Waals surface area contributed by atoms with Crippen molar-refractivity contribution < 1.29 is 22.7 Å². The number of carbonyl (C=O) groups is 2. The fraction of sp³-hybridized carbons (Fsp3) is 0.345. The molecule has 1 amide bonds. The summed E-state index contributed by atoms with van der Waals surface area (Å²) in [5.74, 6) is -0.353. The van der Waals surface area contributed by atoms with E-state index in [-0.39, 0.29) is 23.6 Å². The van der Waals surface area contributed by atoms with E-state index in [1.807, 2.05) is 36.4 Å². The van der Waals surface area contributed by atoms with Gasteiger partial charge in [-0.25, -0.2) is 8.42 Å². The van der Waals surface area contributed by atoms with E-state index in [0.29, 0.717) is 29.7 Å². The minimum absolute atomic E-state index is 0.0812. The summed E-state index contributed by atoms with van der Waals surface area (Å²) in [6.07, 6.45) is 1.00. The molecule has 204 valence electrons. The van der Waals surface area contributed by atoms with E-state index in [1.54, 1.807) is 11.5 Å². The van der Waals surface area contributed by atoms with Crippen molar-refractivity contribution in [2.45, 2.75) is 38.6 Å². The molecule has 1 aliphatic rings. The molecular formula is C29H31N3O5S2. The van der Waals surface area contributed by atoms with Gasteiger partial charge in [-0.15, -0.1) is 0 Å². The van der Waals surface area contributed by atoms with Crippen LogP contribution in [0.3, 0.4) is 0 Å². The smallest absolute Gasteiger partial charge is 0.326 e. The number of fused-ring (bicyclic) bond motifs is 3. The van der Waals surface area contributed by atoms with Crippen molar-refractivity contribution in [1.29, 1.82) is 0 Å². The van der Waals surface area contributed by atoms with Gasteiger partial charge < -0.3 is 9.30 Å². The number of benzene rings is 3. The minimum atomic E-state index is -3.66. The third-order valence-electron chi connectivity index (χ3n) is 6.94.